The first kappa shape index (κ1) is 64.5. The lowest BCUT2D eigenvalue weighted by molar-refractivity contribution is -0.179. The van der Waals surface area contributed by atoms with Crippen molar-refractivity contribution < 1.29 is 31.3 Å². The number of hydrogen-bond donors (Lipinski definition) is 2. The molecule has 3 aromatic heterocycles. The Labute approximate surface area is 491 Å². The number of ketones is 1. The summed E-state index contributed by atoms with van der Waals surface area (Å²) in [7, 11) is 0.0833. The summed E-state index contributed by atoms with van der Waals surface area (Å²) < 4.78 is 76.5. The molecule has 2 N–H and O–H groups in total. The second kappa shape index (κ2) is 26.5. The highest BCUT2D eigenvalue weighted by molar-refractivity contribution is 8.11. The summed E-state index contributed by atoms with van der Waals surface area (Å²) in [5.41, 5.74) is 8.51. The van der Waals surface area contributed by atoms with Crippen molar-refractivity contribution in [3.05, 3.63) is 109 Å². The molecule has 3 unspecified atom stereocenters. The number of aryl methyl sites for hydroxylation is 2. The maximum Gasteiger partial charge on any atom is 0.267 e. The molecule has 4 heterocycles. The first-order valence-corrected chi connectivity index (χ1v) is 31.5. The maximum atomic E-state index is 15.4. The van der Waals surface area contributed by atoms with Gasteiger partial charge in [-0.05, 0) is 157 Å². The Morgan fingerprint density at radius 2 is 1.57 bits per heavy atom. The van der Waals surface area contributed by atoms with Crippen LogP contribution >= 0.6 is 0 Å². The zero-order valence-electron chi connectivity index (χ0n) is 50.8. The number of alkyl halides is 2. The Bertz CT molecular complexity index is 3190. The molecule has 0 bridgehead atoms. The SMILES string of the molecule is CC.CC(=O)Cn1nc(C2CC2)c2c1CC1C2[C@H]1C.CCCc1ccc(-n2c(C(Cc3cc(F)cc(F)c3)C(C)C)nc3nc(C4CCC(F)(F)CC4)cc(C)c3c2=O)c(NCCN2CC(C)(C)OC(C)(C)C2)c1C(=N)C(C)C.O=S=S. The fourth-order valence-electron chi connectivity index (χ4n) is 13.2. The molecular weight excluding hydrogens is 1080 g/mol. The van der Waals surface area contributed by atoms with Gasteiger partial charge in [-0.1, -0.05) is 67.9 Å². The number of halogens is 4. The Morgan fingerprint density at radius 3 is 2.13 bits per heavy atom. The van der Waals surface area contributed by atoms with Crippen LogP contribution < -0.4 is 10.9 Å². The second-order valence-electron chi connectivity index (χ2n) is 25.4. The monoisotopic (exact) mass is 1170 g/mol. The van der Waals surface area contributed by atoms with E-state index in [2.05, 4.69) is 62.9 Å². The van der Waals surface area contributed by atoms with Gasteiger partial charge in [-0.3, -0.25) is 23.7 Å². The number of pyridine rings is 1. The first-order valence-electron chi connectivity index (χ1n) is 29.9. The lowest BCUT2D eigenvalue weighted by Crippen LogP contribution is -2.57. The van der Waals surface area contributed by atoms with E-state index in [4.69, 9.17) is 24.0 Å². The minimum atomic E-state index is -2.71. The van der Waals surface area contributed by atoms with Crippen molar-refractivity contribution in [3.63, 3.8) is 0 Å². The molecule has 5 aromatic rings. The minimum absolute atomic E-state index is 0.0833. The van der Waals surface area contributed by atoms with Crippen LogP contribution in [0.15, 0.2) is 41.2 Å². The maximum absolute atomic E-state index is 15.4. The van der Waals surface area contributed by atoms with Crippen molar-refractivity contribution in [3.8, 4) is 5.69 Å². The molecule has 2 aromatic carbocycles. The normalized spacial score (nSPS) is 20.8. The summed E-state index contributed by atoms with van der Waals surface area (Å²) in [6.45, 7) is 31.5. The van der Waals surface area contributed by atoms with E-state index >= 15 is 4.79 Å². The molecule has 4 atom stereocenters. The van der Waals surface area contributed by atoms with Crippen molar-refractivity contribution >= 4 is 49.6 Å². The van der Waals surface area contributed by atoms with E-state index in [9.17, 15) is 27.8 Å². The number of nitrogens with zero attached hydrogens (tertiary/aromatic N) is 6. The molecular formula is C64H88F4N8O4S2. The quantitative estimate of drug-likeness (QED) is 0.0681. The third kappa shape index (κ3) is 14.9. The summed E-state index contributed by atoms with van der Waals surface area (Å²) in [6.07, 6.45) is 5.61. The summed E-state index contributed by atoms with van der Waals surface area (Å²) in [5, 5.41) is 18.3. The average molecular weight is 1170 g/mol. The molecule has 10 rings (SSSR count). The van der Waals surface area contributed by atoms with Crippen molar-refractivity contribution in [2.24, 2.45) is 23.7 Å². The lowest BCUT2D eigenvalue weighted by Gasteiger charge is -2.47. The van der Waals surface area contributed by atoms with Crippen LogP contribution in [-0.4, -0.2) is 88.2 Å². The number of ether oxygens (including phenoxy) is 1. The number of morpholine rings is 1. The molecule has 0 amide bonds. The molecule has 1 saturated heterocycles. The van der Waals surface area contributed by atoms with Gasteiger partial charge in [0.05, 0.1) is 40.2 Å². The van der Waals surface area contributed by atoms with Gasteiger partial charge in [0, 0.05) is 102 Å². The van der Waals surface area contributed by atoms with Crippen molar-refractivity contribution in [1.29, 1.82) is 5.41 Å². The summed E-state index contributed by atoms with van der Waals surface area (Å²) in [4.78, 5) is 39.3. The largest absolute Gasteiger partial charge is 0.382 e. The minimum Gasteiger partial charge on any atom is -0.382 e. The number of fused-ring (bicyclic) bond motifs is 4. The average Bonchev–Trinajstić information content (AvgIpc) is 2.88. The van der Waals surface area contributed by atoms with Gasteiger partial charge in [-0.2, -0.15) is 9.31 Å². The van der Waals surface area contributed by atoms with Gasteiger partial charge < -0.3 is 15.5 Å². The van der Waals surface area contributed by atoms with Crippen LogP contribution in [0.3, 0.4) is 0 Å². The Kier molecular flexibility index (Phi) is 20.8. The van der Waals surface area contributed by atoms with E-state index in [0.717, 1.165) is 67.3 Å². The van der Waals surface area contributed by atoms with Crippen LogP contribution in [0.5, 0.6) is 0 Å². The highest BCUT2D eigenvalue weighted by atomic mass is 32.8. The van der Waals surface area contributed by atoms with Gasteiger partial charge >= 0.3 is 0 Å². The zero-order chi connectivity index (χ0) is 60.3. The van der Waals surface area contributed by atoms with Crippen LogP contribution in [0, 0.1) is 47.6 Å². The standard InChI is InChI=1S/C48H64F4N6O2.C14H18N2O.C2H6.OS2/c1-11-12-33-13-14-38(42(40(33)41(53)29(4)5)54-19-20-57-26-46(7,8)60-47(9,10)27-57)58-44(36(28(2)3)24-31-22-34(49)25-35(50)23-31)56-43-39(45(58)59)30(6)21-37(55-43)32-15-17-48(51,52)18-16-32;1-7(17)6-16-11-5-10-8(2)12(10)13(11)14(15-16)9-3-4-9;1-2;1-3-2/h13-14,21-23,25,28-29,32,36,53-54H,11-12,15-20,24,26-27H2,1-10H3;8-10,12H,3-6H2,1-2H3;1-2H3;/t;8-,10?,12?;;/m.0../s1. The molecule has 5 aliphatic rings. The molecule has 12 nitrogen and oxygen atoms in total. The molecule has 3 saturated carbocycles. The van der Waals surface area contributed by atoms with E-state index in [1.807, 2.05) is 71.3 Å². The number of anilines is 1. The van der Waals surface area contributed by atoms with Gasteiger partial charge in [0.1, 0.15) is 17.5 Å². The van der Waals surface area contributed by atoms with Crippen LogP contribution in [0.4, 0.5) is 23.2 Å². The van der Waals surface area contributed by atoms with Crippen LogP contribution in [0.25, 0.3) is 16.7 Å². The Morgan fingerprint density at radius 1 is 0.951 bits per heavy atom. The number of aromatic nitrogens is 5. The van der Waals surface area contributed by atoms with Gasteiger partial charge in [0.2, 0.25) is 5.92 Å². The number of benzene rings is 2. The topological polar surface area (TPSA) is 148 Å². The van der Waals surface area contributed by atoms with Crippen LogP contribution in [-0.2, 0) is 56.8 Å². The second-order valence-corrected chi connectivity index (χ2v) is 26.0. The van der Waals surface area contributed by atoms with Crippen LogP contribution in [0.1, 0.15) is 209 Å². The summed E-state index contributed by atoms with van der Waals surface area (Å²) in [5.74, 6) is -1.31. The molecule has 448 valence electrons. The van der Waals surface area contributed by atoms with Gasteiger partial charge in [0.15, 0.2) is 21.7 Å². The van der Waals surface area contributed by atoms with E-state index in [-0.39, 0.29) is 88.3 Å². The summed E-state index contributed by atoms with van der Waals surface area (Å²) >= 11 is 3.75. The molecule has 0 radical (unpaired) electrons. The highest BCUT2D eigenvalue weighted by Gasteiger charge is 2.56. The number of Topliss-reactive ketones (excluding diaryl/α,β-unsaturated/α-hetero) is 1. The third-order valence-corrected chi connectivity index (χ3v) is 16.9. The van der Waals surface area contributed by atoms with E-state index in [1.54, 1.807) is 17.1 Å². The number of carbonyl (C=O) groups excluding carboxylic acids is 1. The van der Waals surface area contributed by atoms with E-state index in [0.29, 0.717) is 70.7 Å². The van der Waals surface area contributed by atoms with Crippen molar-refractivity contribution in [2.45, 2.75) is 208 Å². The first-order chi connectivity index (χ1) is 38.7. The van der Waals surface area contributed by atoms with Crippen LogP contribution in [0.2, 0.25) is 0 Å². The molecule has 82 heavy (non-hydrogen) atoms. The molecule has 18 heteroatoms. The smallest absolute Gasteiger partial charge is 0.267 e. The van der Waals surface area contributed by atoms with Crippen molar-refractivity contribution in [1.82, 2.24) is 29.2 Å². The number of hydrogen-bond acceptors (Lipinski definition) is 11. The zero-order valence-corrected chi connectivity index (χ0v) is 52.5. The summed E-state index contributed by atoms with van der Waals surface area (Å²) in [6, 6.07) is 9.24. The Hall–Kier alpha value is -5.04. The predicted molar refractivity (Wildman–Crippen MR) is 324 cm³/mol. The molecule has 1 aliphatic heterocycles. The number of rotatable bonds is 17. The fraction of sp³-hybridized carbons (Fsp3) is 0.625. The van der Waals surface area contributed by atoms with Crippen molar-refractivity contribution in [2.75, 3.05) is 31.5 Å². The van der Waals surface area contributed by atoms with Gasteiger partial charge in [0.25, 0.3) is 5.56 Å². The number of carbonyl (C=O) groups is 1. The number of nitrogens with one attached hydrogen (secondary N) is 2. The van der Waals surface area contributed by atoms with Gasteiger partial charge in [-0.15, -0.1) is 0 Å². The lowest BCUT2D eigenvalue weighted by atomic mass is 9.84. The predicted octanol–water partition coefficient (Wildman–Crippen LogP) is 13.9. The molecule has 4 aliphatic carbocycles. The molecule has 0 spiro atoms. The molecule has 4 fully saturated rings. The third-order valence-electron chi connectivity index (χ3n) is 16.9. The van der Waals surface area contributed by atoms with Gasteiger partial charge in [-0.25, -0.2) is 27.5 Å². The fourth-order valence-corrected chi connectivity index (χ4v) is 13.2. The van der Waals surface area contributed by atoms with E-state index < -0.39 is 23.5 Å². The van der Waals surface area contributed by atoms with E-state index in [1.165, 1.54) is 36.4 Å². The highest BCUT2D eigenvalue weighted by Crippen LogP contribution is 2.64. The Balaban J connectivity index is 0.000000363.